The summed E-state index contributed by atoms with van der Waals surface area (Å²) in [5.41, 5.74) is 2.79. The third-order valence-electron chi connectivity index (χ3n) is 3.86. The summed E-state index contributed by atoms with van der Waals surface area (Å²) in [7, 11) is 1.81. The Bertz CT molecular complexity index is 588. The Balaban J connectivity index is 1.97. The van der Waals surface area contributed by atoms with Crippen LogP contribution < -0.4 is 0 Å². The van der Waals surface area contributed by atoms with E-state index in [-0.39, 0.29) is 11.9 Å². The van der Waals surface area contributed by atoms with Crippen LogP contribution in [0.4, 0.5) is 0 Å². The van der Waals surface area contributed by atoms with E-state index in [0.717, 1.165) is 22.7 Å². The fourth-order valence-electron chi connectivity index (χ4n) is 2.30. The van der Waals surface area contributed by atoms with Gasteiger partial charge in [-0.3, -0.25) is 9.78 Å². The van der Waals surface area contributed by atoms with Crippen LogP contribution in [0, 0.1) is 13.8 Å². The maximum absolute atomic E-state index is 12.3. The van der Waals surface area contributed by atoms with Crippen molar-refractivity contribution in [2.75, 3.05) is 7.05 Å². The van der Waals surface area contributed by atoms with Gasteiger partial charge in [0.05, 0.1) is 17.4 Å². The minimum absolute atomic E-state index is 0.0385. The SMILES string of the molecule is Cc1noc(C)c1CCC(=O)N(C)C(C)c1ccccn1. The van der Waals surface area contributed by atoms with E-state index in [1.807, 2.05) is 46.0 Å². The smallest absolute Gasteiger partial charge is 0.223 e. The topological polar surface area (TPSA) is 59.2 Å². The molecule has 0 aliphatic heterocycles. The number of aryl methyl sites for hydroxylation is 2. The Morgan fingerprint density at radius 3 is 2.71 bits per heavy atom. The molecule has 0 bridgehead atoms. The van der Waals surface area contributed by atoms with Crippen molar-refractivity contribution in [3.05, 3.63) is 47.1 Å². The highest BCUT2D eigenvalue weighted by Gasteiger charge is 2.19. The van der Waals surface area contributed by atoms with Crippen molar-refractivity contribution >= 4 is 5.91 Å². The molecule has 2 heterocycles. The van der Waals surface area contributed by atoms with Crippen molar-refractivity contribution in [1.82, 2.24) is 15.0 Å². The molecule has 0 aromatic carbocycles. The van der Waals surface area contributed by atoms with Crippen LogP contribution in [0.3, 0.4) is 0 Å². The molecule has 2 aromatic rings. The molecular weight excluding hydrogens is 266 g/mol. The first kappa shape index (κ1) is 15.2. The van der Waals surface area contributed by atoms with Gasteiger partial charge in [-0.15, -0.1) is 0 Å². The van der Waals surface area contributed by atoms with E-state index in [0.29, 0.717) is 12.8 Å². The zero-order chi connectivity index (χ0) is 15.4. The molecule has 1 atom stereocenters. The summed E-state index contributed by atoms with van der Waals surface area (Å²) in [4.78, 5) is 18.4. The molecule has 1 amide bonds. The van der Waals surface area contributed by atoms with Crippen LogP contribution in [0.1, 0.15) is 42.1 Å². The first-order valence-electron chi connectivity index (χ1n) is 7.09. The lowest BCUT2D eigenvalue weighted by Gasteiger charge is -2.24. The van der Waals surface area contributed by atoms with Gasteiger partial charge in [0.25, 0.3) is 0 Å². The molecule has 0 spiro atoms. The summed E-state index contributed by atoms with van der Waals surface area (Å²) in [6.45, 7) is 5.76. The number of amides is 1. The molecule has 0 aliphatic carbocycles. The monoisotopic (exact) mass is 287 g/mol. The van der Waals surface area contributed by atoms with Crippen molar-refractivity contribution in [1.29, 1.82) is 0 Å². The molecule has 5 heteroatoms. The second-order valence-electron chi connectivity index (χ2n) is 5.24. The zero-order valence-corrected chi connectivity index (χ0v) is 13.0. The van der Waals surface area contributed by atoms with E-state index in [1.54, 1.807) is 11.1 Å². The van der Waals surface area contributed by atoms with Gasteiger partial charge in [-0.05, 0) is 39.3 Å². The number of rotatable bonds is 5. The molecule has 0 saturated heterocycles. The maximum atomic E-state index is 12.3. The second kappa shape index (κ2) is 6.52. The van der Waals surface area contributed by atoms with Gasteiger partial charge in [0.15, 0.2) is 0 Å². The first-order chi connectivity index (χ1) is 10.0. The van der Waals surface area contributed by atoms with Gasteiger partial charge >= 0.3 is 0 Å². The molecule has 0 radical (unpaired) electrons. The highest BCUT2D eigenvalue weighted by Crippen LogP contribution is 2.19. The highest BCUT2D eigenvalue weighted by molar-refractivity contribution is 5.76. The third-order valence-corrected chi connectivity index (χ3v) is 3.86. The molecule has 0 aliphatic rings. The van der Waals surface area contributed by atoms with Gasteiger partial charge in [-0.25, -0.2) is 0 Å². The van der Waals surface area contributed by atoms with Crippen molar-refractivity contribution in [2.45, 2.75) is 39.7 Å². The normalized spacial score (nSPS) is 12.2. The predicted molar refractivity (Wildman–Crippen MR) is 79.7 cm³/mol. The van der Waals surface area contributed by atoms with E-state index in [1.165, 1.54) is 0 Å². The van der Waals surface area contributed by atoms with Crippen molar-refractivity contribution in [3.63, 3.8) is 0 Å². The number of hydrogen-bond acceptors (Lipinski definition) is 4. The number of aromatic nitrogens is 2. The van der Waals surface area contributed by atoms with Crippen LogP contribution in [0.25, 0.3) is 0 Å². The Morgan fingerprint density at radius 2 is 2.14 bits per heavy atom. The lowest BCUT2D eigenvalue weighted by atomic mass is 10.1. The highest BCUT2D eigenvalue weighted by atomic mass is 16.5. The molecular formula is C16H21N3O2. The van der Waals surface area contributed by atoms with Gasteiger partial charge in [0.2, 0.25) is 5.91 Å². The Hall–Kier alpha value is -2.17. The van der Waals surface area contributed by atoms with Crippen LogP contribution in [0.2, 0.25) is 0 Å². The zero-order valence-electron chi connectivity index (χ0n) is 13.0. The van der Waals surface area contributed by atoms with Gasteiger partial charge in [0.1, 0.15) is 5.76 Å². The number of hydrogen-bond donors (Lipinski definition) is 0. The first-order valence-corrected chi connectivity index (χ1v) is 7.09. The number of pyridine rings is 1. The second-order valence-corrected chi connectivity index (χ2v) is 5.24. The van der Waals surface area contributed by atoms with E-state index in [9.17, 15) is 4.79 Å². The number of nitrogens with zero attached hydrogens (tertiary/aromatic N) is 3. The molecule has 0 N–H and O–H groups in total. The van der Waals surface area contributed by atoms with Crippen molar-refractivity contribution in [2.24, 2.45) is 0 Å². The Morgan fingerprint density at radius 1 is 1.38 bits per heavy atom. The average Bonchev–Trinajstić information content (AvgIpc) is 2.83. The summed E-state index contributed by atoms with van der Waals surface area (Å²) in [6.07, 6.45) is 2.84. The predicted octanol–water partition coefficient (Wildman–Crippen LogP) is 2.84. The third kappa shape index (κ3) is 3.48. The number of carbonyl (C=O) groups excluding carboxylic acids is 1. The van der Waals surface area contributed by atoms with E-state index >= 15 is 0 Å². The van der Waals surface area contributed by atoms with E-state index in [2.05, 4.69) is 10.1 Å². The summed E-state index contributed by atoms with van der Waals surface area (Å²) < 4.78 is 5.12. The molecule has 5 nitrogen and oxygen atoms in total. The van der Waals surface area contributed by atoms with Crippen LogP contribution >= 0.6 is 0 Å². The van der Waals surface area contributed by atoms with E-state index in [4.69, 9.17) is 4.52 Å². The summed E-state index contributed by atoms with van der Waals surface area (Å²) >= 11 is 0. The molecule has 21 heavy (non-hydrogen) atoms. The quantitative estimate of drug-likeness (QED) is 0.848. The summed E-state index contributed by atoms with van der Waals surface area (Å²) in [5.74, 6) is 0.883. The van der Waals surface area contributed by atoms with Gasteiger partial charge in [-0.2, -0.15) is 0 Å². The van der Waals surface area contributed by atoms with Gasteiger partial charge in [-0.1, -0.05) is 11.2 Å². The molecule has 0 saturated carbocycles. The standard InChI is InChI=1S/C16H21N3O2/c1-11-14(13(3)21-18-11)8-9-16(20)19(4)12(2)15-7-5-6-10-17-15/h5-7,10,12H,8-9H2,1-4H3. The van der Waals surface area contributed by atoms with E-state index < -0.39 is 0 Å². The molecule has 0 fully saturated rings. The molecule has 1 unspecified atom stereocenters. The summed E-state index contributed by atoms with van der Waals surface area (Å²) in [5, 5.41) is 3.91. The minimum Gasteiger partial charge on any atom is -0.361 e. The van der Waals surface area contributed by atoms with Gasteiger partial charge < -0.3 is 9.42 Å². The van der Waals surface area contributed by atoms with Crippen LogP contribution in [-0.2, 0) is 11.2 Å². The lowest BCUT2D eigenvalue weighted by molar-refractivity contribution is -0.131. The van der Waals surface area contributed by atoms with Crippen LogP contribution in [-0.4, -0.2) is 28.0 Å². The largest absolute Gasteiger partial charge is 0.361 e. The molecule has 112 valence electrons. The van der Waals surface area contributed by atoms with Crippen molar-refractivity contribution < 1.29 is 9.32 Å². The Labute approximate surface area is 125 Å². The fourth-order valence-corrected chi connectivity index (χ4v) is 2.30. The molecule has 2 rings (SSSR count). The Kier molecular flexibility index (Phi) is 4.73. The average molecular weight is 287 g/mol. The van der Waals surface area contributed by atoms with Crippen LogP contribution in [0.5, 0.6) is 0 Å². The van der Waals surface area contributed by atoms with Gasteiger partial charge in [0, 0.05) is 25.2 Å². The fraction of sp³-hybridized carbons (Fsp3) is 0.438. The lowest BCUT2D eigenvalue weighted by Crippen LogP contribution is -2.30. The van der Waals surface area contributed by atoms with Crippen molar-refractivity contribution in [3.8, 4) is 0 Å². The number of carbonyl (C=O) groups is 1. The molecule has 2 aromatic heterocycles. The van der Waals surface area contributed by atoms with Crippen LogP contribution in [0.15, 0.2) is 28.9 Å². The minimum atomic E-state index is -0.0385. The maximum Gasteiger partial charge on any atom is 0.223 e. The summed E-state index contributed by atoms with van der Waals surface area (Å²) in [6, 6.07) is 5.70.